The minimum Gasteiger partial charge on any atom is -0.309 e. The summed E-state index contributed by atoms with van der Waals surface area (Å²) in [6.07, 6.45) is 4.36. The topological polar surface area (TPSA) is 3.24 Å². The standard InChI is InChI=1S/C26H29N/c1-8-18-24-19(9-2)26(6,7)21-16-17(3)14-15-23(21)27(24)22-13-11-10-12-20(22)25(18,4)5/h8-16H,1H2,2-7H3/b19-9+. The summed E-state index contributed by atoms with van der Waals surface area (Å²) in [4.78, 5) is 2.47. The van der Waals surface area contributed by atoms with Crippen LogP contribution >= 0.6 is 0 Å². The molecule has 2 aliphatic heterocycles. The van der Waals surface area contributed by atoms with Gasteiger partial charge in [0.05, 0.1) is 17.1 Å². The van der Waals surface area contributed by atoms with Crippen LogP contribution in [-0.4, -0.2) is 0 Å². The molecule has 0 saturated heterocycles. The lowest BCUT2D eigenvalue weighted by Gasteiger charge is -2.51. The van der Waals surface area contributed by atoms with Gasteiger partial charge in [-0.1, -0.05) is 82.3 Å². The second-order valence-electron chi connectivity index (χ2n) is 8.79. The number of rotatable bonds is 1. The van der Waals surface area contributed by atoms with E-state index in [1.807, 2.05) is 0 Å². The number of aryl methyl sites for hydroxylation is 1. The average molecular weight is 356 g/mol. The molecule has 0 radical (unpaired) electrons. The van der Waals surface area contributed by atoms with Crippen molar-refractivity contribution in [3.05, 3.63) is 94.7 Å². The zero-order valence-electron chi connectivity index (χ0n) is 17.4. The smallest absolute Gasteiger partial charge is 0.0540 e. The van der Waals surface area contributed by atoms with Gasteiger partial charge in [-0.2, -0.15) is 0 Å². The molecule has 0 N–H and O–H groups in total. The molecule has 0 aliphatic carbocycles. The van der Waals surface area contributed by atoms with Crippen LogP contribution in [0.1, 0.15) is 51.3 Å². The summed E-state index contributed by atoms with van der Waals surface area (Å²) in [7, 11) is 0. The molecule has 4 rings (SSSR count). The summed E-state index contributed by atoms with van der Waals surface area (Å²) in [5, 5.41) is 0. The highest BCUT2D eigenvalue weighted by molar-refractivity contribution is 5.86. The summed E-state index contributed by atoms with van der Waals surface area (Å²) in [6, 6.07) is 15.7. The first-order valence-electron chi connectivity index (χ1n) is 9.80. The highest BCUT2D eigenvalue weighted by Crippen LogP contribution is 2.57. The van der Waals surface area contributed by atoms with Crippen LogP contribution in [0, 0.1) is 6.92 Å². The van der Waals surface area contributed by atoms with E-state index in [0.717, 1.165) is 0 Å². The Kier molecular flexibility index (Phi) is 3.79. The molecular formula is C26H29N. The van der Waals surface area contributed by atoms with Crippen molar-refractivity contribution >= 4 is 11.4 Å². The number of para-hydroxylation sites is 1. The van der Waals surface area contributed by atoms with Crippen LogP contribution in [0.5, 0.6) is 0 Å². The van der Waals surface area contributed by atoms with Gasteiger partial charge < -0.3 is 4.90 Å². The van der Waals surface area contributed by atoms with Crippen molar-refractivity contribution in [3.8, 4) is 0 Å². The molecule has 138 valence electrons. The van der Waals surface area contributed by atoms with Gasteiger partial charge in [-0.3, -0.25) is 0 Å². The summed E-state index contributed by atoms with van der Waals surface area (Å²) in [5.41, 5.74) is 10.4. The van der Waals surface area contributed by atoms with Crippen molar-refractivity contribution in [2.75, 3.05) is 4.90 Å². The highest BCUT2D eigenvalue weighted by Gasteiger charge is 2.46. The Bertz CT molecular complexity index is 1010. The van der Waals surface area contributed by atoms with Crippen LogP contribution in [0.15, 0.2) is 78.0 Å². The van der Waals surface area contributed by atoms with Crippen LogP contribution < -0.4 is 4.90 Å². The molecule has 0 spiro atoms. The predicted octanol–water partition coefficient (Wildman–Crippen LogP) is 7.10. The molecule has 2 heterocycles. The van der Waals surface area contributed by atoms with Gasteiger partial charge in [0.15, 0.2) is 0 Å². The molecule has 0 bridgehead atoms. The van der Waals surface area contributed by atoms with Gasteiger partial charge in [0.2, 0.25) is 0 Å². The van der Waals surface area contributed by atoms with Gasteiger partial charge in [-0.05, 0) is 48.3 Å². The average Bonchev–Trinajstić information content (AvgIpc) is 2.62. The molecule has 0 aromatic heterocycles. The van der Waals surface area contributed by atoms with Gasteiger partial charge in [0.25, 0.3) is 0 Å². The third-order valence-corrected chi connectivity index (χ3v) is 6.46. The van der Waals surface area contributed by atoms with Crippen molar-refractivity contribution in [3.63, 3.8) is 0 Å². The fraction of sp³-hybridized carbons (Fsp3) is 0.308. The normalized spacial score (nSPS) is 20.8. The van der Waals surface area contributed by atoms with Crippen LogP contribution in [0.3, 0.4) is 0 Å². The molecule has 2 aliphatic rings. The number of hydrogen-bond acceptors (Lipinski definition) is 1. The second kappa shape index (κ2) is 5.73. The van der Waals surface area contributed by atoms with Crippen molar-refractivity contribution in [1.29, 1.82) is 0 Å². The Morgan fingerprint density at radius 3 is 2.22 bits per heavy atom. The highest BCUT2D eigenvalue weighted by atomic mass is 15.2. The van der Waals surface area contributed by atoms with E-state index in [1.165, 1.54) is 44.9 Å². The Morgan fingerprint density at radius 2 is 1.56 bits per heavy atom. The minimum atomic E-state index is -0.0866. The van der Waals surface area contributed by atoms with Crippen molar-refractivity contribution in [1.82, 2.24) is 0 Å². The van der Waals surface area contributed by atoms with Gasteiger partial charge in [0.1, 0.15) is 0 Å². The largest absolute Gasteiger partial charge is 0.309 e. The van der Waals surface area contributed by atoms with Gasteiger partial charge in [-0.15, -0.1) is 0 Å². The lowest BCUT2D eigenvalue weighted by atomic mass is 9.65. The van der Waals surface area contributed by atoms with Crippen molar-refractivity contribution < 1.29 is 0 Å². The van der Waals surface area contributed by atoms with E-state index in [-0.39, 0.29) is 10.8 Å². The van der Waals surface area contributed by atoms with E-state index < -0.39 is 0 Å². The quantitative estimate of drug-likeness (QED) is 0.527. The molecule has 1 heteroatoms. The number of fused-ring (bicyclic) bond motifs is 5. The lowest BCUT2D eigenvalue weighted by molar-refractivity contribution is 0.574. The zero-order chi connectivity index (χ0) is 19.6. The lowest BCUT2D eigenvalue weighted by Crippen LogP contribution is -2.42. The van der Waals surface area contributed by atoms with E-state index in [4.69, 9.17) is 0 Å². The summed E-state index contributed by atoms with van der Waals surface area (Å²) in [6.45, 7) is 17.9. The molecular weight excluding hydrogens is 326 g/mol. The Labute approximate surface area is 163 Å². The van der Waals surface area contributed by atoms with Crippen LogP contribution in [0.2, 0.25) is 0 Å². The number of anilines is 2. The van der Waals surface area contributed by atoms with Gasteiger partial charge in [-0.25, -0.2) is 0 Å². The minimum absolute atomic E-state index is 0.0570. The van der Waals surface area contributed by atoms with E-state index in [0.29, 0.717) is 0 Å². The molecule has 0 atom stereocenters. The fourth-order valence-corrected chi connectivity index (χ4v) is 5.03. The molecule has 0 unspecified atom stereocenters. The second-order valence-corrected chi connectivity index (χ2v) is 8.79. The third-order valence-electron chi connectivity index (χ3n) is 6.46. The monoisotopic (exact) mass is 355 g/mol. The van der Waals surface area contributed by atoms with Crippen molar-refractivity contribution in [2.45, 2.75) is 52.4 Å². The maximum absolute atomic E-state index is 4.22. The molecule has 0 saturated carbocycles. The fourth-order valence-electron chi connectivity index (χ4n) is 5.03. The molecule has 1 nitrogen and oxygen atoms in total. The molecule has 27 heavy (non-hydrogen) atoms. The van der Waals surface area contributed by atoms with E-state index in [1.54, 1.807) is 0 Å². The molecule has 2 aromatic carbocycles. The first-order valence-corrected chi connectivity index (χ1v) is 9.80. The first-order chi connectivity index (χ1) is 12.7. The summed E-state index contributed by atoms with van der Waals surface area (Å²) < 4.78 is 0. The molecule has 0 fully saturated rings. The van der Waals surface area contributed by atoms with E-state index in [9.17, 15) is 0 Å². The SMILES string of the molecule is C=CC1=C2/C(=C\C)C(C)(C)c3cc(C)ccc3N2c2ccccc2C1(C)C. The summed E-state index contributed by atoms with van der Waals surface area (Å²) in [5.74, 6) is 0. The molecule has 0 amide bonds. The van der Waals surface area contributed by atoms with Crippen LogP contribution in [0.25, 0.3) is 0 Å². The number of benzene rings is 2. The number of nitrogens with zero attached hydrogens (tertiary/aromatic N) is 1. The number of hydrogen-bond donors (Lipinski definition) is 0. The summed E-state index contributed by atoms with van der Waals surface area (Å²) >= 11 is 0. The van der Waals surface area contributed by atoms with Crippen LogP contribution in [-0.2, 0) is 10.8 Å². The van der Waals surface area contributed by atoms with Crippen molar-refractivity contribution in [2.24, 2.45) is 0 Å². The number of allylic oxidation sites excluding steroid dienone is 4. The maximum Gasteiger partial charge on any atom is 0.0540 e. The Hall–Kier alpha value is -2.54. The maximum atomic E-state index is 4.22. The Morgan fingerprint density at radius 1 is 0.889 bits per heavy atom. The Balaban J connectivity index is 2.20. The van der Waals surface area contributed by atoms with Gasteiger partial charge in [0, 0.05) is 10.8 Å². The van der Waals surface area contributed by atoms with Gasteiger partial charge >= 0.3 is 0 Å². The molecule has 2 aromatic rings. The zero-order valence-corrected chi connectivity index (χ0v) is 17.4. The van der Waals surface area contributed by atoms with E-state index >= 15 is 0 Å². The van der Waals surface area contributed by atoms with Crippen LogP contribution in [0.4, 0.5) is 11.4 Å². The predicted molar refractivity (Wildman–Crippen MR) is 117 cm³/mol. The van der Waals surface area contributed by atoms with E-state index in [2.05, 4.69) is 108 Å². The third kappa shape index (κ3) is 2.24. The first kappa shape index (κ1) is 17.9.